The summed E-state index contributed by atoms with van der Waals surface area (Å²) in [5.74, 6) is 1.35. The number of hydrogen-bond acceptors (Lipinski definition) is 2. The molecule has 1 saturated heterocycles. The Kier molecular flexibility index (Phi) is 5.83. The minimum atomic E-state index is 0.455. The second kappa shape index (κ2) is 6.65. The van der Waals surface area contributed by atoms with Crippen molar-refractivity contribution < 1.29 is 4.74 Å². The van der Waals surface area contributed by atoms with Crippen LogP contribution in [-0.4, -0.2) is 43.1 Å². The van der Waals surface area contributed by atoms with Crippen molar-refractivity contribution in [1.82, 2.24) is 4.90 Å². The molecule has 3 heteroatoms. The molecule has 0 N–H and O–H groups in total. The highest BCUT2D eigenvalue weighted by atomic mass is 35.5. The van der Waals surface area contributed by atoms with Crippen LogP contribution in [-0.2, 0) is 4.74 Å². The number of ether oxygens (including phenoxy) is 1. The van der Waals surface area contributed by atoms with E-state index in [1.807, 2.05) is 0 Å². The zero-order valence-corrected chi connectivity index (χ0v) is 10.1. The number of halogens is 1. The van der Waals surface area contributed by atoms with Gasteiger partial charge in [-0.3, -0.25) is 0 Å². The first-order valence-electron chi connectivity index (χ1n) is 5.66. The molecule has 84 valence electrons. The van der Waals surface area contributed by atoms with Gasteiger partial charge in [0.15, 0.2) is 0 Å². The van der Waals surface area contributed by atoms with Crippen LogP contribution in [0.15, 0.2) is 0 Å². The number of rotatable bonds is 5. The average molecular weight is 220 g/mol. The van der Waals surface area contributed by atoms with E-state index in [-0.39, 0.29) is 0 Å². The third-order valence-corrected chi connectivity index (χ3v) is 3.22. The highest BCUT2D eigenvalue weighted by Crippen LogP contribution is 2.14. The summed E-state index contributed by atoms with van der Waals surface area (Å²) in [7, 11) is 0. The van der Waals surface area contributed by atoms with Crippen LogP contribution in [0.2, 0.25) is 0 Å². The van der Waals surface area contributed by atoms with Crippen LogP contribution in [0.1, 0.15) is 26.7 Å². The summed E-state index contributed by atoms with van der Waals surface area (Å²) in [6.45, 7) is 8.54. The average Bonchev–Trinajstić information content (AvgIpc) is 2.19. The Hall–Kier alpha value is 0.210. The van der Waals surface area contributed by atoms with Crippen LogP contribution < -0.4 is 0 Å². The van der Waals surface area contributed by atoms with Gasteiger partial charge in [0.25, 0.3) is 0 Å². The Morgan fingerprint density at radius 2 is 2.36 bits per heavy atom. The number of piperidine rings is 1. The van der Waals surface area contributed by atoms with Crippen LogP contribution in [0.5, 0.6) is 0 Å². The van der Waals surface area contributed by atoms with Crippen molar-refractivity contribution in [3.63, 3.8) is 0 Å². The Morgan fingerprint density at radius 3 is 3.00 bits per heavy atom. The number of hydrogen-bond donors (Lipinski definition) is 0. The number of nitrogens with zero attached hydrogens (tertiary/aromatic N) is 1. The van der Waals surface area contributed by atoms with Gasteiger partial charge in [-0.1, -0.05) is 6.92 Å². The molecule has 0 aromatic carbocycles. The minimum absolute atomic E-state index is 0.455. The van der Waals surface area contributed by atoms with Crippen LogP contribution in [0, 0.1) is 5.92 Å². The fourth-order valence-corrected chi connectivity index (χ4v) is 2.14. The van der Waals surface area contributed by atoms with Crippen LogP contribution in [0.25, 0.3) is 0 Å². The van der Waals surface area contributed by atoms with E-state index in [9.17, 15) is 0 Å². The molecule has 0 aromatic rings. The highest BCUT2D eigenvalue weighted by Gasteiger charge is 2.20. The van der Waals surface area contributed by atoms with Crippen LogP contribution in [0.4, 0.5) is 0 Å². The highest BCUT2D eigenvalue weighted by molar-refractivity contribution is 6.18. The molecular formula is C11H22ClNO. The first-order valence-corrected chi connectivity index (χ1v) is 6.19. The molecule has 2 nitrogen and oxygen atoms in total. The van der Waals surface area contributed by atoms with E-state index in [0.717, 1.165) is 25.6 Å². The first kappa shape index (κ1) is 12.3. The molecule has 0 aromatic heterocycles. The minimum Gasteiger partial charge on any atom is -0.377 e. The van der Waals surface area contributed by atoms with Crippen molar-refractivity contribution >= 4 is 11.6 Å². The maximum absolute atomic E-state index is 5.81. The Labute approximate surface area is 92.6 Å². The Morgan fingerprint density at radius 1 is 1.57 bits per heavy atom. The molecule has 14 heavy (non-hydrogen) atoms. The van der Waals surface area contributed by atoms with E-state index in [2.05, 4.69) is 18.7 Å². The summed E-state index contributed by atoms with van der Waals surface area (Å²) in [4.78, 5) is 2.48. The SMILES string of the molecule is CCOC1CCCN(CC(C)CCl)C1. The zero-order chi connectivity index (χ0) is 10.4. The zero-order valence-electron chi connectivity index (χ0n) is 9.34. The van der Waals surface area contributed by atoms with Gasteiger partial charge in [0.2, 0.25) is 0 Å². The molecule has 0 saturated carbocycles. The predicted molar refractivity (Wildman–Crippen MR) is 61.0 cm³/mol. The second-order valence-electron chi connectivity index (χ2n) is 4.24. The van der Waals surface area contributed by atoms with Crippen molar-refractivity contribution in [2.75, 3.05) is 32.1 Å². The van der Waals surface area contributed by atoms with Gasteiger partial charge >= 0.3 is 0 Å². The van der Waals surface area contributed by atoms with Gasteiger partial charge in [-0.05, 0) is 32.2 Å². The molecule has 1 heterocycles. The first-order chi connectivity index (χ1) is 6.76. The van der Waals surface area contributed by atoms with E-state index in [1.165, 1.54) is 19.4 Å². The molecule has 1 aliphatic rings. The van der Waals surface area contributed by atoms with Crippen molar-refractivity contribution in [2.24, 2.45) is 5.92 Å². The molecule has 1 fully saturated rings. The molecule has 0 aliphatic carbocycles. The monoisotopic (exact) mass is 219 g/mol. The molecule has 0 spiro atoms. The number of likely N-dealkylation sites (tertiary alicyclic amines) is 1. The predicted octanol–water partition coefficient (Wildman–Crippen LogP) is 2.36. The van der Waals surface area contributed by atoms with E-state index >= 15 is 0 Å². The second-order valence-corrected chi connectivity index (χ2v) is 4.55. The van der Waals surface area contributed by atoms with Crippen molar-refractivity contribution in [3.8, 4) is 0 Å². The Bertz CT molecular complexity index is 152. The van der Waals surface area contributed by atoms with Gasteiger partial charge < -0.3 is 9.64 Å². The van der Waals surface area contributed by atoms with Gasteiger partial charge in [-0.15, -0.1) is 11.6 Å². The molecule has 0 amide bonds. The normalized spacial score (nSPS) is 26.4. The molecule has 2 unspecified atom stereocenters. The van der Waals surface area contributed by atoms with Gasteiger partial charge in [-0.2, -0.15) is 0 Å². The maximum atomic E-state index is 5.81. The van der Waals surface area contributed by atoms with Crippen LogP contribution >= 0.6 is 11.6 Å². The third kappa shape index (κ3) is 4.16. The van der Waals surface area contributed by atoms with Gasteiger partial charge in [-0.25, -0.2) is 0 Å². The molecule has 2 atom stereocenters. The van der Waals surface area contributed by atoms with E-state index in [1.54, 1.807) is 0 Å². The lowest BCUT2D eigenvalue weighted by Crippen LogP contribution is -2.41. The summed E-state index contributed by atoms with van der Waals surface area (Å²) in [6.07, 6.45) is 2.94. The summed E-state index contributed by atoms with van der Waals surface area (Å²) in [5, 5.41) is 0. The van der Waals surface area contributed by atoms with Crippen molar-refractivity contribution in [2.45, 2.75) is 32.8 Å². The summed E-state index contributed by atoms with van der Waals surface area (Å²) in [6, 6.07) is 0. The fraction of sp³-hybridized carbons (Fsp3) is 1.00. The smallest absolute Gasteiger partial charge is 0.0702 e. The Balaban J connectivity index is 2.25. The maximum Gasteiger partial charge on any atom is 0.0702 e. The lowest BCUT2D eigenvalue weighted by Gasteiger charge is -2.33. The van der Waals surface area contributed by atoms with E-state index in [0.29, 0.717) is 12.0 Å². The quantitative estimate of drug-likeness (QED) is 0.659. The van der Waals surface area contributed by atoms with Crippen LogP contribution in [0.3, 0.4) is 0 Å². The van der Waals surface area contributed by atoms with Gasteiger partial charge in [0.1, 0.15) is 0 Å². The number of alkyl halides is 1. The standard InChI is InChI=1S/C11H22ClNO/c1-3-14-11-5-4-6-13(9-11)8-10(2)7-12/h10-11H,3-9H2,1-2H3. The van der Waals surface area contributed by atoms with E-state index in [4.69, 9.17) is 16.3 Å². The summed E-state index contributed by atoms with van der Waals surface area (Å²) < 4.78 is 5.65. The molecule has 1 rings (SSSR count). The topological polar surface area (TPSA) is 12.5 Å². The molecular weight excluding hydrogens is 198 g/mol. The van der Waals surface area contributed by atoms with Gasteiger partial charge in [0.05, 0.1) is 6.10 Å². The van der Waals surface area contributed by atoms with E-state index < -0.39 is 0 Å². The fourth-order valence-electron chi connectivity index (χ4n) is 2.04. The van der Waals surface area contributed by atoms with Crippen molar-refractivity contribution in [3.05, 3.63) is 0 Å². The summed E-state index contributed by atoms with van der Waals surface area (Å²) >= 11 is 5.81. The largest absolute Gasteiger partial charge is 0.377 e. The third-order valence-electron chi connectivity index (χ3n) is 2.70. The molecule has 0 radical (unpaired) electrons. The van der Waals surface area contributed by atoms with Crippen molar-refractivity contribution in [1.29, 1.82) is 0 Å². The molecule has 0 bridgehead atoms. The van der Waals surface area contributed by atoms with Gasteiger partial charge in [0, 0.05) is 25.6 Å². The lowest BCUT2D eigenvalue weighted by molar-refractivity contribution is 0.00320. The lowest BCUT2D eigenvalue weighted by atomic mass is 10.1. The summed E-state index contributed by atoms with van der Waals surface area (Å²) in [5.41, 5.74) is 0. The molecule has 1 aliphatic heterocycles.